The SMILES string of the molecule is CNC(=O)c1ccc(N)c(OC(C)(C)C)c1. The van der Waals surface area contributed by atoms with Gasteiger partial charge in [0.2, 0.25) is 0 Å². The minimum atomic E-state index is -0.338. The second-order valence-electron chi connectivity index (χ2n) is 4.55. The van der Waals surface area contributed by atoms with Crippen molar-refractivity contribution in [2.24, 2.45) is 0 Å². The summed E-state index contributed by atoms with van der Waals surface area (Å²) < 4.78 is 5.66. The molecule has 0 atom stereocenters. The smallest absolute Gasteiger partial charge is 0.251 e. The van der Waals surface area contributed by atoms with Crippen molar-refractivity contribution in [2.45, 2.75) is 26.4 Å². The Bertz CT molecular complexity index is 394. The summed E-state index contributed by atoms with van der Waals surface area (Å²) >= 11 is 0. The van der Waals surface area contributed by atoms with Gasteiger partial charge >= 0.3 is 0 Å². The standard InChI is InChI=1S/C12H18N2O2/c1-12(2,3)16-10-7-8(11(15)14-4)5-6-9(10)13/h5-7H,13H2,1-4H3,(H,14,15). The number of hydrogen-bond donors (Lipinski definition) is 2. The Morgan fingerprint density at radius 2 is 2.00 bits per heavy atom. The lowest BCUT2D eigenvalue weighted by Gasteiger charge is -2.22. The van der Waals surface area contributed by atoms with Crippen LogP contribution in [0.2, 0.25) is 0 Å². The summed E-state index contributed by atoms with van der Waals surface area (Å²) in [6, 6.07) is 4.99. The summed E-state index contributed by atoms with van der Waals surface area (Å²) in [6.07, 6.45) is 0. The largest absolute Gasteiger partial charge is 0.486 e. The predicted octanol–water partition coefficient (Wildman–Crippen LogP) is 1.81. The first-order valence-electron chi connectivity index (χ1n) is 5.14. The molecule has 0 saturated carbocycles. The molecule has 4 heteroatoms. The van der Waals surface area contributed by atoms with E-state index in [2.05, 4.69) is 5.32 Å². The molecule has 1 rings (SSSR count). The number of nitrogen functional groups attached to an aromatic ring is 1. The van der Waals surface area contributed by atoms with E-state index in [1.807, 2.05) is 20.8 Å². The van der Waals surface area contributed by atoms with Crippen LogP contribution in [0.4, 0.5) is 5.69 Å². The number of amides is 1. The van der Waals surface area contributed by atoms with Crippen molar-refractivity contribution in [1.29, 1.82) is 0 Å². The van der Waals surface area contributed by atoms with Crippen LogP contribution in [-0.2, 0) is 0 Å². The lowest BCUT2D eigenvalue weighted by atomic mass is 10.1. The summed E-state index contributed by atoms with van der Waals surface area (Å²) in [5.41, 5.74) is 6.51. The minimum Gasteiger partial charge on any atom is -0.486 e. The number of anilines is 1. The zero-order valence-corrected chi connectivity index (χ0v) is 10.1. The van der Waals surface area contributed by atoms with Crippen LogP contribution in [-0.4, -0.2) is 18.6 Å². The average Bonchev–Trinajstić information content (AvgIpc) is 2.18. The van der Waals surface area contributed by atoms with Crippen molar-refractivity contribution in [1.82, 2.24) is 5.32 Å². The van der Waals surface area contributed by atoms with Gasteiger partial charge in [0.25, 0.3) is 5.91 Å². The molecule has 0 aliphatic heterocycles. The van der Waals surface area contributed by atoms with Crippen molar-refractivity contribution in [3.8, 4) is 5.75 Å². The third kappa shape index (κ3) is 3.15. The van der Waals surface area contributed by atoms with Crippen LogP contribution < -0.4 is 15.8 Å². The number of benzene rings is 1. The molecule has 0 aromatic heterocycles. The van der Waals surface area contributed by atoms with Crippen molar-refractivity contribution in [2.75, 3.05) is 12.8 Å². The van der Waals surface area contributed by atoms with Gasteiger partial charge < -0.3 is 15.8 Å². The minimum absolute atomic E-state index is 0.154. The number of carbonyl (C=O) groups excluding carboxylic acids is 1. The Balaban J connectivity index is 3.04. The number of nitrogens with two attached hydrogens (primary N) is 1. The lowest BCUT2D eigenvalue weighted by Crippen LogP contribution is -2.24. The van der Waals surface area contributed by atoms with Crippen LogP contribution >= 0.6 is 0 Å². The predicted molar refractivity (Wildman–Crippen MR) is 64.6 cm³/mol. The fraction of sp³-hybridized carbons (Fsp3) is 0.417. The number of carbonyl (C=O) groups is 1. The van der Waals surface area contributed by atoms with Crippen LogP contribution in [0.15, 0.2) is 18.2 Å². The Hall–Kier alpha value is -1.71. The second kappa shape index (κ2) is 4.43. The molecule has 0 aliphatic carbocycles. The van der Waals surface area contributed by atoms with Crippen LogP contribution in [0.1, 0.15) is 31.1 Å². The van der Waals surface area contributed by atoms with Gasteiger partial charge in [-0.05, 0) is 39.0 Å². The van der Waals surface area contributed by atoms with Crippen LogP contribution in [0.25, 0.3) is 0 Å². The summed E-state index contributed by atoms with van der Waals surface area (Å²) in [5, 5.41) is 2.56. The van der Waals surface area contributed by atoms with E-state index in [4.69, 9.17) is 10.5 Å². The highest BCUT2D eigenvalue weighted by Crippen LogP contribution is 2.26. The topological polar surface area (TPSA) is 64.4 Å². The molecule has 0 radical (unpaired) electrons. The number of nitrogens with one attached hydrogen (secondary N) is 1. The third-order valence-electron chi connectivity index (χ3n) is 1.92. The van der Waals surface area contributed by atoms with Gasteiger partial charge in [0.15, 0.2) is 0 Å². The third-order valence-corrected chi connectivity index (χ3v) is 1.92. The van der Waals surface area contributed by atoms with Crippen molar-refractivity contribution < 1.29 is 9.53 Å². The first-order chi connectivity index (χ1) is 7.33. The fourth-order valence-corrected chi connectivity index (χ4v) is 1.24. The van der Waals surface area contributed by atoms with Gasteiger partial charge in [-0.25, -0.2) is 0 Å². The van der Waals surface area contributed by atoms with Crippen LogP contribution in [0.3, 0.4) is 0 Å². The fourth-order valence-electron chi connectivity index (χ4n) is 1.24. The van der Waals surface area contributed by atoms with E-state index < -0.39 is 0 Å². The van der Waals surface area contributed by atoms with E-state index >= 15 is 0 Å². The van der Waals surface area contributed by atoms with E-state index in [0.717, 1.165) is 0 Å². The highest BCUT2D eigenvalue weighted by molar-refractivity contribution is 5.95. The molecule has 88 valence electrons. The highest BCUT2D eigenvalue weighted by atomic mass is 16.5. The van der Waals surface area contributed by atoms with Crippen molar-refractivity contribution >= 4 is 11.6 Å². The zero-order valence-electron chi connectivity index (χ0n) is 10.1. The molecular weight excluding hydrogens is 204 g/mol. The molecule has 4 nitrogen and oxygen atoms in total. The maximum Gasteiger partial charge on any atom is 0.251 e. The maximum atomic E-state index is 11.4. The van der Waals surface area contributed by atoms with Crippen LogP contribution in [0, 0.1) is 0 Å². The second-order valence-corrected chi connectivity index (χ2v) is 4.55. The summed E-state index contributed by atoms with van der Waals surface area (Å²) in [5.74, 6) is 0.382. The molecule has 0 fully saturated rings. The van der Waals surface area contributed by atoms with Crippen molar-refractivity contribution in [3.63, 3.8) is 0 Å². The lowest BCUT2D eigenvalue weighted by molar-refractivity contribution is 0.0960. The molecule has 0 unspecified atom stereocenters. The number of hydrogen-bond acceptors (Lipinski definition) is 3. The van der Waals surface area contributed by atoms with Crippen LogP contribution in [0.5, 0.6) is 5.75 Å². The molecule has 16 heavy (non-hydrogen) atoms. The maximum absolute atomic E-state index is 11.4. The molecule has 0 heterocycles. The monoisotopic (exact) mass is 222 g/mol. The Labute approximate surface area is 95.8 Å². The Morgan fingerprint density at radius 3 is 2.50 bits per heavy atom. The molecular formula is C12H18N2O2. The molecule has 1 aromatic carbocycles. The van der Waals surface area contributed by atoms with E-state index in [-0.39, 0.29) is 11.5 Å². The van der Waals surface area contributed by atoms with Gasteiger partial charge in [0.1, 0.15) is 11.4 Å². The van der Waals surface area contributed by atoms with Gasteiger partial charge in [-0.15, -0.1) is 0 Å². The summed E-state index contributed by atoms with van der Waals surface area (Å²) in [4.78, 5) is 11.4. The average molecular weight is 222 g/mol. The molecule has 1 amide bonds. The van der Waals surface area contributed by atoms with E-state index in [0.29, 0.717) is 17.0 Å². The summed E-state index contributed by atoms with van der Waals surface area (Å²) in [7, 11) is 1.59. The van der Waals surface area contributed by atoms with Gasteiger partial charge in [0, 0.05) is 12.6 Å². The van der Waals surface area contributed by atoms with Gasteiger partial charge in [-0.2, -0.15) is 0 Å². The van der Waals surface area contributed by atoms with Crippen molar-refractivity contribution in [3.05, 3.63) is 23.8 Å². The van der Waals surface area contributed by atoms with Gasteiger partial charge in [0.05, 0.1) is 5.69 Å². The molecule has 3 N–H and O–H groups in total. The molecule has 1 aromatic rings. The summed E-state index contributed by atoms with van der Waals surface area (Å²) in [6.45, 7) is 5.79. The Kier molecular flexibility index (Phi) is 3.42. The first-order valence-corrected chi connectivity index (χ1v) is 5.14. The van der Waals surface area contributed by atoms with E-state index in [9.17, 15) is 4.79 Å². The molecule has 0 saturated heterocycles. The molecule has 0 spiro atoms. The molecule has 0 aliphatic rings. The highest BCUT2D eigenvalue weighted by Gasteiger charge is 2.15. The first kappa shape index (κ1) is 12.4. The zero-order chi connectivity index (χ0) is 12.3. The normalized spacial score (nSPS) is 11.0. The van der Waals surface area contributed by atoms with E-state index in [1.165, 1.54) is 0 Å². The Morgan fingerprint density at radius 1 is 1.38 bits per heavy atom. The molecule has 0 bridgehead atoms. The van der Waals surface area contributed by atoms with Gasteiger partial charge in [-0.3, -0.25) is 4.79 Å². The number of rotatable bonds is 2. The quantitative estimate of drug-likeness (QED) is 0.750. The van der Waals surface area contributed by atoms with Gasteiger partial charge in [-0.1, -0.05) is 0 Å². The van der Waals surface area contributed by atoms with E-state index in [1.54, 1.807) is 25.2 Å². The number of ether oxygens (including phenoxy) is 1.